The molecule has 0 atom stereocenters. The normalized spacial score (nSPS) is 14.9. The van der Waals surface area contributed by atoms with Gasteiger partial charge in [-0.1, -0.05) is 23.7 Å². The molecule has 7 nitrogen and oxygen atoms in total. The smallest absolute Gasteiger partial charge is 0.256 e. The molecule has 1 N–H and O–H groups in total. The van der Waals surface area contributed by atoms with E-state index in [-0.39, 0.29) is 5.91 Å². The fourth-order valence-electron chi connectivity index (χ4n) is 3.78. The van der Waals surface area contributed by atoms with Crippen molar-refractivity contribution >= 4 is 23.2 Å². The van der Waals surface area contributed by atoms with E-state index < -0.39 is 0 Å². The fraction of sp³-hybridized carbons (Fsp3) is 0.409. The number of amides is 1. The number of morpholine rings is 1. The number of fused-ring (bicyclic) bond motifs is 1. The Morgan fingerprint density at radius 2 is 1.93 bits per heavy atom. The largest absolute Gasteiger partial charge is 0.379 e. The summed E-state index contributed by atoms with van der Waals surface area (Å²) in [6.07, 6.45) is 2.34. The van der Waals surface area contributed by atoms with E-state index in [9.17, 15) is 4.79 Å². The summed E-state index contributed by atoms with van der Waals surface area (Å²) in [5.74, 6) is -0.144. The van der Waals surface area contributed by atoms with Crippen molar-refractivity contribution in [2.45, 2.75) is 20.3 Å². The van der Waals surface area contributed by atoms with E-state index >= 15 is 0 Å². The van der Waals surface area contributed by atoms with Crippen LogP contribution in [0.5, 0.6) is 0 Å². The highest BCUT2D eigenvalue weighted by Crippen LogP contribution is 2.21. The van der Waals surface area contributed by atoms with E-state index in [1.165, 1.54) is 0 Å². The molecule has 30 heavy (non-hydrogen) atoms. The van der Waals surface area contributed by atoms with Gasteiger partial charge in [0.2, 0.25) is 0 Å². The minimum absolute atomic E-state index is 0.144. The second-order valence-corrected chi connectivity index (χ2v) is 8.00. The Morgan fingerprint density at radius 1 is 1.20 bits per heavy atom. The minimum Gasteiger partial charge on any atom is -0.379 e. The molecule has 1 fully saturated rings. The highest BCUT2D eigenvalue weighted by atomic mass is 35.5. The van der Waals surface area contributed by atoms with E-state index in [1.54, 1.807) is 10.7 Å². The van der Waals surface area contributed by atoms with Crippen LogP contribution in [0.2, 0.25) is 5.02 Å². The molecule has 3 heterocycles. The molecule has 0 bridgehead atoms. The van der Waals surface area contributed by atoms with Gasteiger partial charge in [-0.2, -0.15) is 5.10 Å². The lowest BCUT2D eigenvalue weighted by atomic mass is 10.0. The lowest BCUT2D eigenvalue weighted by Gasteiger charge is -2.26. The maximum Gasteiger partial charge on any atom is 0.256 e. The average molecular weight is 428 g/mol. The van der Waals surface area contributed by atoms with Gasteiger partial charge in [0.25, 0.3) is 5.91 Å². The van der Waals surface area contributed by atoms with Gasteiger partial charge in [-0.25, -0.2) is 9.50 Å². The highest BCUT2D eigenvalue weighted by Gasteiger charge is 2.19. The topological polar surface area (TPSA) is 71.8 Å². The van der Waals surface area contributed by atoms with E-state index in [4.69, 9.17) is 21.3 Å². The molecule has 0 aliphatic carbocycles. The Hall–Kier alpha value is -2.48. The molecule has 1 aliphatic rings. The van der Waals surface area contributed by atoms with Crippen molar-refractivity contribution in [3.63, 3.8) is 0 Å². The molecule has 158 valence electrons. The third-order valence-electron chi connectivity index (χ3n) is 5.56. The number of benzene rings is 1. The molecule has 2 aromatic heterocycles. The van der Waals surface area contributed by atoms with Crippen molar-refractivity contribution in [2.75, 3.05) is 39.4 Å². The zero-order valence-corrected chi connectivity index (χ0v) is 18.1. The number of hydrogen-bond donors (Lipinski definition) is 1. The summed E-state index contributed by atoms with van der Waals surface area (Å²) >= 11 is 6.00. The van der Waals surface area contributed by atoms with Crippen LogP contribution in [0.1, 0.15) is 32.9 Å². The molecule has 3 aromatic rings. The van der Waals surface area contributed by atoms with Crippen LogP contribution in [-0.4, -0.2) is 64.8 Å². The molecule has 1 aromatic carbocycles. The summed E-state index contributed by atoms with van der Waals surface area (Å²) in [6, 6.07) is 7.81. The van der Waals surface area contributed by atoms with Crippen molar-refractivity contribution in [1.82, 2.24) is 24.8 Å². The number of carbonyl (C=O) groups excluding carboxylic acids is 1. The SMILES string of the molecule is Cc1nc2c(C(=O)NCCN3CCOCC3)cnn2c(C)c1Cc1ccc(Cl)cc1. The number of aryl methyl sites for hydroxylation is 2. The molecule has 0 spiro atoms. The lowest BCUT2D eigenvalue weighted by molar-refractivity contribution is 0.0383. The molecule has 1 saturated heterocycles. The lowest BCUT2D eigenvalue weighted by Crippen LogP contribution is -2.41. The Labute approximate surface area is 181 Å². The Kier molecular flexibility index (Phi) is 6.32. The molecule has 1 amide bonds. The summed E-state index contributed by atoms with van der Waals surface area (Å²) in [6.45, 7) is 8.71. The summed E-state index contributed by atoms with van der Waals surface area (Å²) in [4.78, 5) is 19.7. The second kappa shape index (κ2) is 9.12. The first kappa shape index (κ1) is 20.8. The summed E-state index contributed by atoms with van der Waals surface area (Å²) in [7, 11) is 0. The van der Waals surface area contributed by atoms with Crippen LogP contribution in [0, 0.1) is 13.8 Å². The van der Waals surface area contributed by atoms with Crippen LogP contribution in [0.25, 0.3) is 5.65 Å². The molecule has 1 aliphatic heterocycles. The van der Waals surface area contributed by atoms with Crippen LogP contribution in [0.15, 0.2) is 30.5 Å². The van der Waals surface area contributed by atoms with Gasteiger partial charge in [0.15, 0.2) is 5.65 Å². The highest BCUT2D eigenvalue weighted by molar-refractivity contribution is 6.30. The number of nitrogens with zero attached hydrogens (tertiary/aromatic N) is 4. The maximum absolute atomic E-state index is 12.7. The van der Waals surface area contributed by atoms with Gasteiger partial charge in [0.05, 0.1) is 19.4 Å². The van der Waals surface area contributed by atoms with Crippen LogP contribution in [0.3, 0.4) is 0 Å². The first-order chi connectivity index (χ1) is 14.5. The van der Waals surface area contributed by atoms with Crippen molar-refractivity contribution in [3.05, 3.63) is 63.6 Å². The summed E-state index contributed by atoms with van der Waals surface area (Å²) in [5, 5.41) is 8.16. The zero-order valence-electron chi connectivity index (χ0n) is 17.3. The predicted molar refractivity (Wildman–Crippen MR) is 116 cm³/mol. The van der Waals surface area contributed by atoms with Gasteiger partial charge in [0, 0.05) is 49.0 Å². The van der Waals surface area contributed by atoms with Gasteiger partial charge in [0.1, 0.15) is 5.56 Å². The number of hydrogen-bond acceptors (Lipinski definition) is 5. The summed E-state index contributed by atoms with van der Waals surface area (Å²) in [5.41, 5.74) is 5.24. The predicted octanol–water partition coefficient (Wildman–Crippen LogP) is 2.65. The second-order valence-electron chi connectivity index (χ2n) is 7.57. The molecular weight excluding hydrogens is 402 g/mol. The molecule has 4 rings (SSSR count). The fourth-order valence-corrected chi connectivity index (χ4v) is 3.91. The van der Waals surface area contributed by atoms with Crippen LogP contribution < -0.4 is 5.32 Å². The first-order valence-corrected chi connectivity index (χ1v) is 10.6. The minimum atomic E-state index is -0.144. The van der Waals surface area contributed by atoms with Crippen LogP contribution in [0.4, 0.5) is 0 Å². The van der Waals surface area contributed by atoms with Crippen LogP contribution in [-0.2, 0) is 11.2 Å². The molecular formula is C22H26ClN5O2. The monoisotopic (exact) mass is 427 g/mol. The number of aromatic nitrogens is 3. The van der Waals surface area contributed by atoms with E-state index in [1.807, 2.05) is 38.1 Å². The van der Waals surface area contributed by atoms with Crippen molar-refractivity contribution in [3.8, 4) is 0 Å². The number of carbonyl (C=O) groups is 1. The molecule has 0 unspecified atom stereocenters. The molecule has 0 radical (unpaired) electrons. The van der Waals surface area contributed by atoms with Crippen molar-refractivity contribution < 1.29 is 9.53 Å². The Bertz CT molecular complexity index is 1040. The Balaban J connectivity index is 1.50. The summed E-state index contributed by atoms with van der Waals surface area (Å²) < 4.78 is 7.11. The maximum atomic E-state index is 12.7. The average Bonchev–Trinajstić information content (AvgIpc) is 3.17. The van der Waals surface area contributed by atoms with Gasteiger partial charge in [-0.15, -0.1) is 0 Å². The number of halogens is 1. The van der Waals surface area contributed by atoms with Gasteiger partial charge >= 0.3 is 0 Å². The van der Waals surface area contributed by atoms with Gasteiger partial charge in [-0.05, 0) is 37.1 Å². The quantitative estimate of drug-likeness (QED) is 0.654. The number of nitrogens with one attached hydrogen (secondary N) is 1. The van der Waals surface area contributed by atoms with Gasteiger partial charge < -0.3 is 10.1 Å². The third kappa shape index (κ3) is 4.48. The van der Waals surface area contributed by atoms with Crippen LogP contribution >= 0.6 is 11.6 Å². The standard InChI is InChI=1S/C22H26ClN5O2/c1-15-19(13-17-3-5-18(23)6-4-17)16(2)28-21(26-15)20(14-25-28)22(29)24-7-8-27-9-11-30-12-10-27/h3-6,14H,7-13H2,1-2H3,(H,24,29). The third-order valence-corrected chi connectivity index (χ3v) is 5.82. The molecule has 8 heteroatoms. The molecule has 0 saturated carbocycles. The number of rotatable bonds is 6. The Morgan fingerprint density at radius 3 is 2.67 bits per heavy atom. The zero-order chi connectivity index (χ0) is 21.1. The first-order valence-electron chi connectivity index (χ1n) is 10.2. The van der Waals surface area contributed by atoms with Crippen molar-refractivity contribution in [1.29, 1.82) is 0 Å². The van der Waals surface area contributed by atoms with E-state index in [2.05, 4.69) is 15.3 Å². The van der Waals surface area contributed by atoms with Crippen molar-refractivity contribution in [2.24, 2.45) is 0 Å². The van der Waals surface area contributed by atoms with E-state index in [0.29, 0.717) is 17.8 Å². The van der Waals surface area contributed by atoms with E-state index in [0.717, 1.165) is 66.8 Å². The number of ether oxygens (including phenoxy) is 1. The van der Waals surface area contributed by atoms with Gasteiger partial charge in [-0.3, -0.25) is 9.69 Å².